The Morgan fingerprint density at radius 3 is 1.15 bits per heavy atom. The molecule has 0 heterocycles. The standard InChI is InChI=1S/C56H107NO5/c1-4-7-10-13-16-19-22-24-26-27-29-31-34-37-40-43-46-49-56(61)62-52(47-44-41-38-35-33-30-28-25-23-20-17-14-11-8-5-2)50-55(60)57-53(51-58)54(59)48-45-42-39-36-32-21-18-15-12-9-6-3/h24-26,28,52-54,58-59H,4-23,27,29-51H2,1-3H3,(H,57,60)/b26-24+,28-25+. The minimum Gasteiger partial charge on any atom is -0.462 e. The molecule has 0 aromatic rings. The van der Waals surface area contributed by atoms with Crippen LogP contribution in [0.4, 0.5) is 0 Å². The number of allylic oxidation sites excluding steroid dienone is 4. The van der Waals surface area contributed by atoms with E-state index in [1.807, 2.05) is 0 Å². The predicted molar refractivity (Wildman–Crippen MR) is 269 cm³/mol. The minimum absolute atomic E-state index is 0.0744. The first-order valence-electron chi connectivity index (χ1n) is 27.6. The van der Waals surface area contributed by atoms with Crippen LogP contribution in [0.3, 0.4) is 0 Å². The van der Waals surface area contributed by atoms with Crippen molar-refractivity contribution in [1.82, 2.24) is 5.32 Å². The van der Waals surface area contributed by atoms with E-state index in [9.17, 15) is 19.8 Å². The fourth-order valence-electron chi connectivity index (χ4n) is 8.54. The van der Waals surface area contributed by atoms with Crippen molar-refractivity contribution >= 4 is 11.9 Å². The SMILES string of the molecule is CCCCCCCC/C=C/CCCCCCCCCC(=O)OC(CCCCCCC/C=C/CCCCCCCC)CC(=O)NC(CO)C(O)CCCCCCCCCCCCC. The molecule has 0 fully saturated rings. The van der Waals surface area contributed by atoms with Crippen molar-refractivity contribution in [2.45, 2.75) is 315 Å². The lowest BCUT2D eigenvalue weighted by Crippen LogP contribution is -2.46. The van der Waals surface area contributed by atoms with Crippen LogP contribution in [-0.2, 0) is 14.3 Å². The highest BCUT2D eigenvalue weighted by Crippen LogP contribution is 2.18. The van der Waals surface area contributed by atoms with Gasteiger partial charge in [0.15, 0.2) is 0 Å². The number of hydrogen-bond donors (Lipinski definition) is 3. The van der Waals surface area contributed by atoms with Crippen LogP contribution in [0, 0.1) is 0 Å². The van der Waals surface area contributed by atoms with Crippen molar-refractivity contribution < 1.29 is 24.5 Å². The maximum Gasteiger partial charge on any atom is 0.306 e. The second kappa shape index (κ2) is 50.3. The average Bonchev–Trinajstić information content (AvgIpc) is 3.26. The molecule has 6 heteroatoms. The summed E-state index contributed by atoms with van der Waals surface area (Å²) in [5, 5.41) is 23.8. The highest BCUT2D eigenvalue weighted by molar-refractivity contribution is 5.77. The van der Waals surface area contributed by atoms with Gasteiger partial charge in [-0.1, -0.05) is 231 Å². The number of amides is 1. The average molecular weight is 874 g/mol. The van der Waals surface area contributed by atoms with Crippen molar-refractivity contribution in [2.75, 3.05) is 6.61 Å². The molecule has 3 unspecified atom stereocenters. The van der Waals surface area contributed by atoms with Gasteiger partial charge in [0.2, 0.25) is 5.91 Å². The minimum atomic E-state index is -0.787. The third-order valence-electron chi connectivity index (χ3n) is 12.8. The molecule has 3 N–H and O–H groups in total. The maximum absolute atomic E-state index is 13.2. The summed E-state index contributed by atoms with van der Waals surface area (Å²) in [6.45, 7) is 6.49. The summed E-state index contributed by atoms with van der Waals surface area (Å²) < 4.78 is 5.95. The van der Waals surface area contributed by atoms with E-state index in [0.717, 1.165) is 57.8 Å². The molecule has 6 nitrogen and oxygen atoms in total. The molecular weight excluding hydrogens is 767 g/mol. The number of carbonyl (C=O) groups excluding carboxylic acids is 2. The first-order chi connectivity index (χ1) is 30.5. The van der Waals surface area contributed by atoms with E-state index in [1.54, 1.807) is 0 Å². The fourth-order valence-corrected chi connectivity index (χ4v) is 8.54. The van der Waals surface area contributed by atoms with Crippen LogP contribution in [0.2, 0.25) is 0 Å². The Kier molecular flexibility index (Phi) is 49.0. The van der Waals surface area contributed by atoms with Gasteiger partial charge in [0, 0.05) is 6.42 Å². The van der Waals surface area contributed by atoms with Gasteiger partial charge in [-0.2, -0.15) is 0 Å². The molecule has 0 bridgehead atoms. The number of aliphatic hydroxyl groups is 2. The number of aliphatic hydroxyl groups excluding tert-OH is 2. The quantitative estimate of drug-likeness (QED) is 0.0321. The summed E-state index contributed by atoms with van der Waals surface area (Å²) in [5.41, 5.74) is 0. The molecule has 0 rings (SSSR count). The van der Waals surface area contributed by atoms with Gasteiger partial charge in [-0.3, -0.25) is 9.59 Å². The number of carbonyl (C=O) groups is 2. The van der Waals surface area contributed by atoms with E-state index in [-0.39, 0.29) is 24.9 Å². The molecule has 0 saturated carbocycles. The molecule has 0 spiro atoms. The van der Waals surface area contributed by atoms with E-state index < -0.39 is 18.2 Å². The number of unbranched alkanes of at least 4 members (excludes halogenated alkanes) is 34. The van der Waals surface area contributed by atoms with E-state index in [4.69, 9.17) is 4.74 Å². The molecule has 0 aliphatic carbocycles. The number of esters is 1. The van der Waals surface area contributed by atoms with Crippen LogP contribution in [0.5, 0.6) is 0 Å². The Morgan fingerprint density at radius 1 is 0.452 bits per heavy atom. The Hall–Kier alpha value is -1.66. The third kappa shape index (κ3) is 44.9. The van der Waals surface area contributed by atoms with Gasteiger partial charge in [0.05, 0.1) is 25.2 Å². The molecule has 366 valence electrons. The molecule has 0 aromatic heterocycles. The zero-order valence-electron chi connectivity index (χ0n) is 41.8. The summed E-state index contributed by atoms with van der Waals surface area (Å²) in [4.78, 5) is 26.2. The molecule has 0 aliphatic rings. The highest BCUT2D eigenvalue weighted by Gasteiger charge is 2.24. The van der Waals surface area contributed by atoms with E-state index in [1.165, 1.54) is 193 Å². The lowest BCUT2D eigenvalue weighted by atomic mass is 10.0. The first kappa shape index (κ1) is 60.3. The number of hydrogen-bond acceptors (Lipinski definition) is 5. The third-order valence-corrected chi connectivity index (χ3v) is 12.8. The molecule has 62 heavy (non-hydrogen) atoms. The zero-order valence-corrected chi connectivity index (χ0v) is 41.8. The first-order valence-corrected chi connectivity index (χ1v) is 27.6. The molecule has 3 atom stereocenters. The van der Waals surface area contributed by atoms with Gasteiger partial charge >= 0.3 is 5.97 Å². The Labute approximate surface area is 386 Å². The van der Waals surface area contributed by atoms with Crippen LogP contribution >= 0.6 is 0 Å². The largest absolute Gasteiger partial charge is 0.462 e. The van der Waals surface area contributed by atoms with Gasteiger partial charge < -0.3 is 20.3 Å². The van der Waals surface area contributed by atoms with Crippen LogP contribution in [0.1, 0.15) is 297 Å². The van der Waals surface area contributed by atoms with Gasteiger partial charge in [-0.15, -0.1) is 0 Å². The van der Waals surface area contributed by atoms with Crippen molar-refractivity contribution in [3.8, 4) is 0 Å². The van der Waals surface area contributed by atoms with Crippen molar-refractivity contribution in [1.29, 1.82) is 0 Å². The van der Waals surface area contributed by atoms with E-state index >= 15 is 0 Å². The van der Waals surface area contributed by atoms with Crippen molar-refractivity contribution in [3.05, 3.63) is 24.3 Å². The number of ether oxygens (including phenoxy) is 1. The summed E-state index contributed by atoms with van der Waals surface area (Å²) in [7, 11) is 0. The van der Waals surface area contributed by atoms with Gasteiger partial charge in [-0.05, 0) is 77.0 Å². The Morgan fingerprint density at radius 2 is 0.774 bits per heavy atom. The van der Waals surface area contributed by atoms with Crippen molar-refractivity contribution in [2.24, 2.45) is 0 Å². The number of rotatable bonds is 50. The van der Waals surface area contributed by atoms with Gasteiger partial charge in [0.25, 0.3) is 0 Å². The maximum atomic E-state index is 13.2. The van der Waals surface area contributed by atoms with Gasteiger partial charge in [-0.25, -0.2) is 0 Å². The normalized spacial score (nSPS) is 13.3. The fraction of sp³-hybridized carbons (Fsp3) is 0.893. The Bertz CT molecular complexity index is 981. The van der Waals surface area contributed by atoms with Crippen LogP contribution < -0.4 is 5.32 Å². The monoisotopic (exact) mass is 874 g/mol. The second-order valence-electron chi connectivity index (χ2n) is 19.0. The summed E-state index contributed by atoms with van der Waals surface area (Å²) in [6.07, 6.45) is 58.1. The van der Waals surface area contributed by atoms with E-state index in [0.29, 0.717) is 19.3 Å². The predicted octanol–water partition coefficient (Wildman–Crippen LogP) is 16.7. The molecule has 0 saturated heterocycles. The summed E-state index contributed by atoms with van der Waals surface area (Å²) in [6, 6.07) is -0.701. The number of nitrogens with one attached hydrogen (secondary N) is 1. The van der Waals surface area contributed by atoms with Crippen molar-refractivity contribution in [3.63, 3.8) is 0 Å². The molecular formula is C56H107NO5. The second-order valence-corrected chi connectivity index (χ2v) is 19.0. The highest BCUT2D eigenvalue weighted by atomic mass is 16.5. The molecule has 0 aliphatic heterocycles. The summed E-state index contributed by atoms with van der Waals surface area (Å²) >= 11 is 0. The van der Waals surface area contributed by atoms with Crippen LogP contribution in [0.25, 0.3) is 0 Å². The molecule has 1 amide bonds. The lowest BCUT2D eigenvalue weighted by molar-refractivity contribution is -0.151. The van der Waals surface area contributed by atoms with Gasteiger partial charge in [0.1, 0.15) is 6.10 Å². The van der Waals surface area contributed by atoms with E-state index in [2.05, 4.69) is 50.4 Å². The topological polar surface area (TPSA) is 95.9 Å². The lowest BCUT2D eigenvalue weighted by Gasteiger charge is -2.24. The summed E-state index contributed by atoms with van der Waals surface area (Å²) in [5.74, 6) is -0.473. The van der Waals surface area contributed by atoms with Crippen LogP contribution in [-0.4, -0.2) is 46.9 Å². The molecule has 0 radical (unpaired) electrons. The Balaban J connectivity index is 4.55. The molecule has 0 aromatic carbocycles. The zero-order chi connectivity index (χ0) is 45.2. The van der Waals surface area contributed by atoms with Crippen LogP contribution in [0.15, 0.2) is 24.3 Å². The smallest absolute Gasteiger partial charge is 0.306 e.